The number of para-hydroxylation sites is 2. The molecule has 0 bridgehead atoms. The highest BCUT2D eigenvalue weighted by molar-refractivity contribution is 6.34. The standard InChI is InChI=1S/C28H25ClN2O6/c1-3-35-28(34)31(23-10-6-5-9-22(23)29)26-18(2)30-37-27(26)20-14-12-19(13-15-20)17-36-24-11-7-4-8-21(24)16-25(32)33/h4-15H,3,16-17H2,1-2H3,(H,32,33). The first-order valence-electron chi connectivity index (χ1n) is 11.6. The summed E-state index contributed by atoms with van der Waals surface area (Å²) >= 11 is 6.43. The van der Waals surface area contributed by atoms with Crippen LogP contribution in [0.4, 0.5) is 16.2 Å². The second-order valence-corrected chi connectivity index (χ2v) is 8.50. The lowest BCUT2D eigenvalue weighted by atomic mass is 10.1. The maximum atomic E-state index is 13.0. The Morgan fingerprint density at radius 1 is 1.03 bits per heavy atom. The van der Waals surface area contributed by atoms with Gasteiger partial charge in [-0.05, 0) is 37.6 Å². The topological polar surface area (TPSA) is 102 Å². The third-order valence-corrected chi connectivity index (χ3v) is 5.84. The molecule has 4 rings (SSSR count). The van der Waals surface area contributed by atoms with Crippen molar-refractivity contribution in [2.75, 3.05) is 11.5 Å². The van der Waals surface area contributed by atoms with Crippen LogP contribution in [0.1, 0.15) is 23.7 Å². The molecule has 1 amide bonds. The average molecular weight is 521 g/mol. The highest BCUT2D eigenvalue weighted by Gasteiger charge is 2.29. The van der Waals surface area contributed by atoms with E-state index in [1.807, 2.05) is 24.3 Å². The van der Waals surface area contributed by atoms with Gasteiger partial charge in [-0.15, -0.1) is 0 Å². The van der Waals surface area contributed by atoms with Crippen LogP contribution in [0, 0.1) is 6.92 Å². The number of halogens is 1. The highest BCUT2D eigenvalue weighted by Crippen LogP contribution is 2.41. The number of ether oxygens (including phenoxy) is 2. The number of benzene rings is 3. The van der Waals surface area contributed by atoms with Crippen molar-refractivity contribution in [1.29, 1.82) is 0 Å². The smallest absolute Gasteiger partial charge is 0.419 e. The van der Waals surface area contributed by atoms with Crippen LogP contribution in [0.25, 0.3) is 11.3 Å². The summed E-state index contributed by atoms with van der Waals surface area (Å²) in [6.45, 7) is 3.89. The van der Waals surface area contributed by atoms with E-state index in [0.29, 0.717) is 44.7 Å². The Balaban J connectivity index is 1.61. The fraction of sp³-hybridized carbons (Fsp3) is 0.179. The van der Waals surface area contributed by atoms with Gasteiger partial charge in [0.2, 0.25) is 0 Å². The second-order valence-electron chi connectivity index (χ2n) is 8.10. The number of carbonyl (C=O) groups is 2. The molecule has 9 heteroatoms. The summed E-state index contributed by atoms with van der Waals surface area (Å²) in [5.74, 6) is -0.0242. The monoisotopic (exact) mass is 520 g/mol. The lowest BCUT2D eigenvalue weighted by Crippen LogP contribution is -2.27. The van der Waals surface area contributed by atoms with Gasteiger partial charge in [-0.1, -0.05) is 71.4 Å². The Bertz CT molecular complexity index is 1400. The molecule has 1 N–H and O–H groups in total. The molecule has 0 saturated carbocycles. The van der Waals surface area contributed by atoms with Gasteiger partial charge in [-0.2, -0.15) is 0 Å². The number of amides is 1. The molecule has 0 atom stereocenters. The van der Waals surface area contributed by atoms with E-state index in [4.69, 9.17) is 30.7 Å². The molecule has 190 valence electrons. The number of carbonyl (C=O) groups excluding carboxylic acids is 1. The maximum absolute atomic E-state index is 13.0. The summed E-state index contributed by atoms with van der Waals surface area (Å²) in [7, 11) is 0. The van der Waals surface area contributed by atoms with Gasteiger partial charge in [-0.3, -0.25) is 4.79 Å². The van der Waals surface area contributed by atoms with E-state index >= 15 is 0 Å². The van der Waals surface area contributed by atoms with Gasteiger partial charge in [0.1, 0.15) is 23.7 Å². The van der Waals surface area contributed by atoms with Crippen molar-refractivity contribution in [1.82, 2.24) is 5.16 Å². The van der Waals surface area contributed by atoms with Crippen LogP contribution in [-0.4, -0.2) is 28.9 Å². The average Bonchev–Trinajstić information content (AvgIpc) is 3.26. The zero-order valence-electron chi connectivity index (χ0n) is 20.3. The van der Waals surface area contributed by atoms with Gasteiger partial charge < -0.3 is 19.1 Å². The van der Waals surface area contributed by atoms with Gasteiger partial charge in [0.05, 0.1) is 23.7 Å². The molecule has 0 radical (unpaired) electrons. The first kappa shape index (κ1) is 25.8. The van der Waals surface area contributed by atoms with Gasteiger partial charge in [0, 0.05) is 11.1 Å². The normalized spacial score (nSPS) is 10.7. The minimum Gasteiger partial charge on any atom is -0.489 e. The molecule has 0 saturated heterocycles. The molecule has 0 aliphatic carbocycles. The van der Waals surface area contributed by atoms with E-state index in [1.165, 1.54) is 4.90 Å². The minimum absolute atomic E-state index is 0.120. The maximum Gasteiger partial charge on any atom is 0.419 e. The molecule has 0 aliphatic rings. The number of aryl methyl sites for hydroxylation is 1. The molecular formula is C28H25ClN2O6. The van der Waals surface area contributed by atoms with Crippen LogP contribution in [-0.2, 0) is 22.6 Å². The van der Waals surface area contributed by atoms with Crippen molar-refractivity contribution in [3.63, 3.8) is 0 Å². The molecule has 0 spiro atoms. The summed E-state index contributed by atoms with van der Waals surface area (Å²) in [6.07, 6.45) is -0.723. The van der Waals surface area contributed by atoms with Gasteiger partial charge in [0.25, 0.3) is 0 Å². The number of anilines is 2. The summed E-state index contributed by atoms with van der Waals surface area (Å²) < 4.78 is 16.8. The van der Waals surface area contributed by atoms with Crippen LogP contribution in [0.5, 0.6) is 5.75 Å². The molecule has 0 fully saturated rings. The van der Waals surface area contributed by atoms with Crippen LogP contribution in [0.3, 0.4) is 0 Å². The Kier molecular flexibility index (Phi) is 8.10. The molecule has 1 aromatic heterocycles. The summed E-state index contributed by atoms with van der Waals surface area (Å²) in [6, 6.07) is 21.4. The van der Waals surface area contributed by atoms with E-state index < -0.39 is 12.1 Å². The van der Waals surface area contributed by atoms with Crippen LogP contribution >= 0.6 is 11.6 Å². The molecule has 8 nitrogen and oxygen atoms in total. The molecule has 3 aromatic carbocycles. The van der Waals surface area contributed by atoms with Crippen molar-refractivity contribution in [2.24, 2.45) is 0 Å². The molecule has 37 heavy (non-hydrogen) atoms. The number of carboxylic acid groups (broad SMARTS) is 1. The third-order valence-electron chi connectivity index (χ3n) is 5.52. The molecule has 4 aromatic rings. The summed E-state index contributed by atoms with van der Waals surface area (Å²) in [4.78, 5) is 25.5. The minimum atomic E-state index is -0.924. The molecule has 1 heterocycles. The predicted octanol–water partition coefficient (Wildman–Crippen LogP) is 6.80. The second kappa shape index (κ2) is 11.6. The van der Waals surface area contributed by atoms with Gasteiger partial charge in [-0.25, -0.2) is 9.69 Å². The van der Waals surface area contributed by atoms with Gasteiger partial charge >= 0.3 is 12.1 Å². The fourth-order valence-electron chi connectivity index (χ4n) is 3.82. The third kappa shape index (κ3) is 5.92. The summed E-state index contributed by atoms with van der Waals surface area (Å²) in [5, 5.41) is 13.6. The van der Waals surface area contributed by atoms with E-state index in [0.717, 1.165) is 5.56 Å². The number of hydrogen-bond donors (Lipinski definition) is 1. The zero-order chi connectivity index (χ0) is 26.4. The molecule has 0 aliphatic heterocycles. The summed E-state index contributed by atoms with van der Waals surface area (Å²) in [5.41, 5.74) is 3.52. The Morgan fingerprint density at radius 2 is 1.73 bits per heavy atom. The molecule has 0 unspecified atom stereocenters. The molecular weight excluding hydrogens is 496 g/mol. The number of aliphatic carboxylic acids is 1. The number of hydrogen-bond acceptors (Lipinski definition) is 6. The Labute approximate surface area is 219 Å². The van der Waals surface area contributed by atoms with Crippen molar-refractivity contribution in [3.8, 4) is 17.1 Å². The van der Waals surface area contributed by atoms with Gasteiger partial charge in [0.15, 0.2) is 5.76 Å². The van der Waals surface area contributed by atoms with Crippen molar-refractivity contribution in [2.45, 2.75) is 26.9 Å². The number of carboxylic acids is 1. The van der Waals surface area contributed by atoms with Crippen LogP contribution in [0.15, 0.2) is 77.3 Å². The quantitative estimate of drug-likeness (QED) is 0.259. The van der Waals surface area contributed by atoms with E-state index in [2.05, 4.69) is 5.16 Å². The highest BCUT2D eigenvalue weighted by atomic mass is 35.5. The lowest BCUT2D eigenvalue weighted by Gasteiger charge is -2.23. The largest absolute Gasteiger partial charge is 0.489 e. The fourth-order valence-corrected chi connectivity index (χ4v) is 4.04. The van der Waals surface area contributed by atoms with E-state index in [9.17, 15) is 9.59 Å². The number of nitrogens with zero attached hydrogens (tertiary/aromatic N) is 2. The number of aromatic nitrogens is 1. The zero-order valence-corrected chi connectivity index (χ0v) is 21.1. The van der Waals surface area contributed by atoms with Crippen molar-refractivity contribution in [3.05, 3.63) is 94.6 Å². The first-order valence-corrected chi connectivity index (χ1v) is 12.0. The van der Waals surface area contributed by atoms with Crippen molar-refractivity contribution < 1.29 is 28.7 Å². The number of rotatable bonds is 9. The van der Waals surface area contributed by atoms with Crippen LogP contribution < -0.4 is 9.64 Å². The van der Waals surface area contributed by atoms with Crippen molar-refractivity contribution >= 4 is 35.0 Å². The Morgan fingerprint density at radius 3 is 2.43 bits per heavy atom. The first-order chi connectivity index (χ1) is 17.9. The van der Waals surface area contributed by atoms with E-state index in [1.54, 1.807) is 62.4 Å². The predicted molar refractivity (Wildman–Crippen MR) is 139 cm³/mol. The lowest BCUT2D eigenvalue weighted by molar-refractivity contribution is -0.136. The van der Waals surface area contributed by atoms with Crippen LogP contribution in [0.2, 0.25) is 5.02 Å². The van der Waals surface area contributed by atoms with E-state index in [-0.39, 0.29) is 19.6 Å². The Hall–Kier alpha value is -4.30. The SMILES string of the molecule is CCOC(=O)N(c1ccccc1Cl)c1c(C)noc1-c1ccc(COc2ccccc2CC(=O)O)cc1.